The van der Waals surface area contributed by atoms with E-state index in [-0.39, 0.29) is 13.0 Å². The van der Waals surface area contributed by atoms with Crippen LogP contribution in [0.25, 0.3) is 0 Å². The van der Waals surface area contributed by atoms with Crippen LogP contribution in [0.4, 0.5) is 8.78 Å². The van der Waals surface area contributed by atoms with Crippen LogP contribution in [-0.4, -0.2) is 47.0 Å². The molecule has 0 spiro atoms. The van der Waals surface area contributed by atoms with E-state index in [9.17, 15) is 19.0 Å². The molecule has 1 aromatic carbocycles. The number of nitrogens with zero attached hydrogens (tertiary/aromatic N) is 1. The Morgan fingerprint density at radius 1 is 1.26 bits per heavy atom. The molecule has 4 nitrogen and oxygen atoms in total. The summed E-state index contributed by atoms with van der Waals surface area (Å²) in [7, 11) is 1.56. The SMILES string of the molecule is COc1ccc(CN2CCC(O)(O)C(F)(F)C2)cc1. The van der Waals surface area contributed by atoms with E-state index in [4.69, 9.17) is 4.74 Å². The Morgan fingerprint density at radius 2 is 1.89 bits per heavy atom. The number of benzene rings is 1. The number of ether oxygens (including phenoxy) is 1. The second kappa shape index (κ2) is 5.03. The van der Waals surface area contributed by atoms with Gasteiger partial charge in [0.15, 0.2) is 0 Å². The first kappa shape index (κ1) is 14.2. The van der Waals surface area contributed by atoms with Crippen LogP contribution in [0.1, 0.15) is 12.0 Å². The van der Waals surface area contributed by atoms with Gasteiger partial charge in [-0.1, -0.05) is 12.1 Å². The Hall–Kier alpha value is -1.24. The molecule has 1 aliphatic heterocycles. The van der Waals surface area contributed by atoms with Crippen molar-refractivity contribution in [3.63, 3.8) is 0 Å². The molecule has 0 amide bonds. The lowest BCUT2D eigenvalue weighted by Crippen LogP contribution is -2.59. The maximum atomic E-state index is 13.5. The fraction of sp³-hybridized carbons (Fsp3) is 0.538. The van der Waals surface area contributed by atoms with E-state index < -0.39 is 18.3 Å². The van der Waals surface area contributed by atoms with Crippen LogP contribution < -0.4 is 4.74 Å². The van der Waals surface area contributed by atoms with Crippen LogP contribution in [-0.2, 0) is 6.54 Å². The fourth-order valence-corrected chi connectivity index (χ4v) is 2.11. The summed E-state index contributed by atoms with van der Waals surface area (Å²) < 4.78 is 32.0. The highest BCUT2D eigenvalue weighted by Gasteiger charge is 2.55. The molecule has 6 heteroatoms. The second-order valence-corrected chi connectivity index (χ2v) is 4.83. The Kier molecular flexibility index (Phi) is 3.75. The van der Waals surface area contributed by atoms with E-state index >= 15 is 0 Å². The van der Waals surface area contributed by atoms with Gasteiger partial charge in [-0.3, -0.25) is 4.90 Å². The number of halogens is 2. The Labute approximate surface area is 110 Å². The van der Waals surface area contributed by atoms with Gasteiger partial charge in [0.1, 0.15) is 5.75 Å². The molecule has 2 rings (SSSR count). The van der Waals surface area contributed by atoms with E-state index in [0.717, 1.165) is 5.56 Å². The van der Waals surface area contributed by atoms with Crippen LogP contribution >= 0.6 is 0 Å². The van der Waals surface area contributed by atoms with Gasteiger partial charge in [0.25, 0.3) is 0 Å². The molecule has 19 heavy (non-hydrogen) atoms. The van der Waals surface area contributed by atoms with Gasteiger partial charge in [-0.2, -0.15) is 8.78 Å². The third kappa shape index (κ3) is 3.02. The number of hydrogen-bond donors (Lipinski definition) is 2. The van der Waals surface area contributed by atoms with Gasteiger partial charge < -0.3 is 14.9 Å². The lowest BCUT2D eigenvalue weighted by molar-refractivity contribution is -0.318. The van der Waals surface area contributed by atoms with Crippen molar-refractivity contribution in [2.45, 2.75) is 24.7 Å². The molecule has 0 bridgehead atoms. The summed E-state index contributed by atoms with van der Waals surface area (Å²) in [5.41, 5.74) is 0.875. The largest absolute Gasteiger partial charge is 0.497 e. The Bertz CT molecular complexity index is 434. The smallest absolute Gasteiger partial charge is 0.312 e. The van der Waals surface area contributed by atoms with Crippen molar-refractivity contribution in [1.82, 2.24) is 4.90 Å². The molecule has 0 aliphatic carbocycles. The number of methoxy groups -OCH3 is 1. The van der Waals surface area contributed by atoms with Gasteiger partial charge in [-0.15, -0.1) is 0 Å². The molecule has 0 aromatic heterocycles. The minimum atomic E-state index is -3.52. The van der Waals surface area contributed by atoms with Crippen LogP contribution in [0.5, 0.6) is 5.75 Å². The van der Waals surface area contributed by atoms with Crippen LogP contribution in [0.2, 0.25) is 0 Å². The molecule has 0 saturated carbocycles. The van der Waals surface area contributed by atoms with Crippen molar-refractivity contribution < 1.29 is 23.7 Å². The predicted octanol–water partition coefficient (Wildman–Crippen LogP) is 1.22. The van der Waals surface area contributed by atoms with Gasteiger partial charge >= 0.3 is 5.92 Å². The molecule has 0 unspecified atom stereocenters. The maximum Gasteiger partial charge on any atom is 0.312 e. The molecule has 1 fully saturated rings. The third-order valence-electron chi connectivity index (χ3n) is 3.35. The van der Waals surface area contributed by atoms with E-state index in [1.165, 1.54) is 4.90 Å². The lowest BCUT2D eigenvalue weighted by atomic mass is 9.99. The monoisotopic (exact) mass is 273 g/mol. The first-order valence-electron chi connectivity index (χ1n) is 6.02. The Balaban J connectivity index is 2.00. The number of rotatable bonds is 3. The quantitative estimate of drug-likeness (QED) is 0.813. The van der Waals surface area contributed by atoms with Crippen LogP contribution in [0.15, 0.2) is 24.3 Å². The lowest BCUT2D eigenvalue weighted by Gasteiger charge is -2.40. The maximum absolute atomic E-state index is 13.5. The van der Waals surface area contributed by atoms with E-state index in [0.29, 0.717) is 12.3 Å². The van der Waals surface area contributed by atoms with E-state index in [1.54, 1.807) is 31.4 Å². The van der Waals surface area contributed by atoms with Gasteiger partial charge in [0.2, 0.25) is 5.79 Å². The van der Waals surface area contributed by atoms with Crippen molar-refractivity contribution in [2.75, 3.05) is 20.2 Å². The first-order valence-corrected chi connectivity index (χ1v) is 6.02. The highest BCUT2D eigenvalue weighted by molar-refractivity contribution is 5.27. The third-order valence-corrected chi connectivity index (χ3v) is 3.35. The molecule has 1 saturated heterocycles. The molecule has 0 atom stereocenters. The van der Waals surface area contributed by atoms with Crippen LogP contribution in [0, 0.1) is 0 Å². The summed E-state index contributed by atoms with van der Waals surface area (Å²) in [5.74, 6) is -5.71. The number of hydrogen-bond acceptors (Lipinski definition) is 4. The van der Waals surface area contributed by atoms with Crippen molar-refractivity contribution in [1.29, 1.82) is 0 Å². The second-order valence-electron chi connectivity index (χ2n) is 4.83. The summed E-state index contributed by atoms with van der Waals surface area (Å²) in [6, 6.07) is 7.13. The average molecular weight is 273 g/mol. The molecular weight excluding hydrogens is 256 g/mol. The zero-order valence-corrected chi connectivity index (χ0v) is 10.6. The van der Waals surface area contributed by atoms with E-state index in [1.807, 2.05) is 0 Å². The minimum absolute atomic E-state index is 0.217. The summed E-state index contributed by atoms with van der Waals surface area (Å²) in [6.45, 7) is -0.101. The zero-order valence-electron chi connectivity index (χ0n) is 10.6. The first-order chi connectivity index (χ1) is 8.84. The molecular formula is C13H17F2NO3. The highest BCUT2D eigenvalue weighted by atomic mass is 19.3. The minimum Gasteiger partial charge on any atom is -0.497 e. The number of aliphatic hydroxyl groups is 2. The predicted molar refractivity (Wildman–Crippen MR) is 65.0 cm³/mol. The average Bonchev–Trinajstić information content (AvgIpc) is 2.35. The molecule has 2 N–H and O–H groups in total. The van der Waals surface area contributed by atoms with Gasteiger partial charge in [0.05, 0.1) is 13.7 Å². The summed E-state index contributed by atoms with van der Waals surface area (Å²) >= 11 is 0. The molecule has 106 valence electrons. The van der Waals surface area contributed by atoms with Gasteiger partial charge in [-0.25, -0.2) is 0 Å². The standard InChI is InChI=1S/C13H17F2NO3/c1-19-11-4-2-10(3-5-11)8-16-7-6-13(17,18)12(14,15)9-16/h2-5,17-18H,6-9H2,1H3. The number of piperidine rings is 1. The number of alkyl halides is 2. The summed E-state index contributed by atoms with van der Waals surface area (Å²) in [5, 5.41) is 18.4. The normalized spacial score (nSPS) is 22.2. The topological polar surface area (TPSA) is 52.9 Å². The molecule has 1 aromatic rings. The van der Waals surface area contributed by atoms with Gasteiger partial charge in [-0.05, 0) is 17.7 Å². The van der Waals surface area contributed by atoms with Crippen LogP contribution in [0.3, 0.4) is 0 Å². The molecule has 1 aliphatic rings. The zero-order chi connectivity index (χ0) is 14.1. The van der Waals surface area contributed by atoms with Crippen molar-refractivity contribution in [3.05, 3.63) is 29.8 Å². The highest BCUT2D eigenvalue weighted by Crippen LogP contribution is 2.35. The van der Waals surface area contributed by atoms with Crippen molar-refractivity contribution in [3.8, 4) is 5.75 Å². The van der Waals surface area contributed by atoms with Gasteiger partial charge in [0, 0.05) is 19.5 Å². The Morgan fingerprint density at radius 3 is 2.42 bits per heavy atom. The molecule has 1 heterocycles. The summed E-state index contributed by atoms with van der Waals surface area (Å²) in [6.07, 6.45) is -0.365. The van der Waals surface area contributed by atoms with Crippen molar-refractivity contribution >= 4 is 0 Å². The fourth-order valence-electron chi connectivity index (χ4n) is 2.11. The number of likely N-dealkylation sites (tertiary alicyclic amines) is 1. The van der Waals surface area contributed by atoms with Crippen molar-refractivity contribution in [2.24, 2.45) is 0 Å². The molecule has 0 radical (unpaired) electrons. The van der Waals surface area contributed by atoms with E-state index in [2.05, 4.69) is 0 Å². The summed E-state index contributed by atoms with van der Waals surface area (Å²) in [4.78, 5) is 1.51.